The number of imidazole rings is 1. The summed E-state index contributed by atoms with van der Waals surface area (Å²) in [5.41, 5.74) is 2.84. The molecule has 1 aliphatic heterocycles. The molecule has 5 aromatic rings. The first-order chi connectivity index (χ1) is 18.9. The number of ether oxygens (including phenoxy) is 1. The van der Waals surface area contributed by atoms with E-state index in [2.05, 4.69) is 19.5 Å². The highest BCUT2D eigenvalue weighted by molar-refractivity contribution is 6.33. The minimum atomic E-state index is -0.988. The molecule has 40 heavy (non-hydrogen) atoms. The van der Waals surface area contributed by atoms with Crippen LogP contribution in [0.4, 0.5) is 8.78 Å². The van der Waals surface area contributed by atoms with Gasteiger partial charge in [0, 0.05) is 60.2 Å². The van der Waals surface area contributed by atoms with Crippen LogP contribution in [0.1, 0.15) is 32.1 Å². The highest BCUT2D eigenvalue weighted by atomic mass is 35.5. The van der Waals surface area contributed by atoms with E-state index in [0.29, 0.717) is 58.9 Å². The molecule has 0 atom stereocenters. The van der Waals surface area contributed by atoms with Crippen LogP contribution < -0.4 is 4.74 Å². The summed E-state index contributed by atoms with van der Waals surface area (Å²) in [6, 6.07) is 10.0. The maximum atomic E-state index is 15.4. The fraction of sp³-hybridized carbons (Fsp3) is 0.276. The van der Waals surface area contributed by atoms with Crippen molar-refractivity contribution in [3.63, 3.8) is 0 Å². The van der Waals surface area contributed by atoms with Gasteiger partial charge in [-0.3, -0.25) is 9.78 Å². The van der Waals surface area contributed by atoms with E-state index in [9.17, 15) is 9.18 Å². The van der Waals surface area contributed by atoms with Crippen LogP contribution in [0.25, 0.3) is 33.1 Å². The summed E-state index contributed by atoms with van der Waals surface area (Å²) in [6.45, 7) is 1.86. The Labute approximate surface area is 234 Å². The number of alkyl halides is 1. The number of fused-ring (bicyclic) bond motifs is 3. The van der Waals surface area contributed by atoms with Gasteiger partial charge in [0.15, 0.2) is 6.67 Å². The third-order valence-corrected chi connectivity index (χ3v) is 7.37. The van der Waals surface area contributed by atoms with Gasteiger partial charge in [0.05, 0.1) is 22.3 Å². The summed E-state index contributed by atoms with van der Waals surface area (Å²) in [4.78, 5) is 30.6. The number of halogens is 3. The number of aryl methyl sites for hydroxylation is 1. The van der Waals surface area contributed by atoms with Crippen molar-refractivity contribution >= 4 is 39.4 Å². The smallest absolute Gasteiger partial charge is 0.321 e. The molecular weight excluding hydrogens is 538 g/mol. The predicted octanol–water partition coefficient (Wildman–Crippen LogP) is 6.70. The van der Waals surface area contributed by atoms with Crippen LogP contribution >= 0.6 is 11.6 Å². The van der Waals surface area contributed by atoms with Crippen molar-refractivity contribution < 1.29 is 18.3 Å². The number of nitrogens with zero attached hydrogens (tertiary/aromatic N) is 6. The largest absolute Gasteiger partial charge is 0.424 e. The Morgan fingerprint density at radius 2 is 1.82 bits per heavy atom. The molecular formula is C29H27ClF2N6O2. The van der Waals surface area contributed by atoms with Gasteiger partial charge in [-0.25, -0.2) is 23.7 Å². The second kappa shape index (κ2) is 11.1. The van der Waals surface area contributed by atoms with Crippen LogP contribution in [0.15, 0.2) is 55.0 Å². The molecule has 0 spiro atoms. The topological polar surface area (TPSA) is 86.0 Å². The average Bonchev–Trinajstić information content (AvgIpc) is 3.29. The molecule has 0 unspecified atom stereocenters. The molecule has 2 aromatic carbocycles. The first-order valence-electron chi connectivity index (χ1n) is 12.5. The molecule has 0 saturated carbocycles. The van der Waals surface area contributed by atoms with Crippen LogP contribution in [0.2, 0.25) is 5.02 Å². The molecule has 1 saturated heterocycles. The number of carbonyl (C=O) groups is 1. The second-order valence-corrected chi connectivity index (χ2v) is 9.80. The number of pyridine rings is 1. The fourth-order valence-corrected chi connectivity index (χ4v) is 5.52. The summed E-state index contributed by atoms with van der Waals surface area (Å²) in [6.07, 6.45) is 6.10. The number of hydrogen-bond acceptors (Lipinski definition) is 6. The van der Waals surface area contributed by atoms with Crippen molar-refractivity contribution in [3.8, 4) is 22.9 Å². The minimum absolute atomic E-state index is 0. The lowest BCUT2D eigenvalue weighted by molar-refractivity contribution is -0.133. The number of hydrogen-bond donors (Lipinski definition) is 0. The summed E-state index contributed by atoms with van der Waals surface area (Å²) >= 11 is 6.60. The highest BCUT2D eigenvalue weighted by Gasteiger charge is 2.27. The first-order valence-corrected chi connectivity index (χ1v) is 12.9. The summed E-state index contributed by atoms with van der Waals surface area (Å²) in [5, 5.41) is 1.04. The van der Waals surface area contributed by atoms with Gasteiger partial charge in [-0.2, -0.15) is 0 Å². The lowest BCUT2D eigenvalue weighted by Gasteiger charge is -2.33. The number of benzene rings is 2. The summed E-state index contributed by atoms with van der Waals surface area (Å²) < 4.78 is 36.1. The zero-order valence-electron chi connectivity index (χ0n) is 20.9. The summed E-state index contributed by atoms with van der Waals surface area (Å²) in [5.74, 6) is 0.270. The SMILES string of the molecule is C.Cc1nc2cnc3cc(F)c(-c4ccc(Oc5ncccn5)cc4Cl)cc3c2n1C1CCN(C(=O)CF)CC1. The highest BCUT2D eigenvalue weighted by Crippen LogP contribution is 2.38. The minimum Gasteiger partial charge on any atom is -0.424 e. The van der Waals surface area contributed by atoms with Gasteiger partial charge in [-0.15, -0.1) is 0 Å². The van der Waals surface area contributed by atoms with E-state index in [1.807, 2.05) is 6.92 Å². The summed E-state index contributed by atoms with van der Waals surface area (Å²) in [7, 11) is 0. The van der Waals surface area contributed by atoms with E-state index in [0.717, 1.165) is 16.7 Å². The van der Waals surface area contributed by atoms with E-state index < -0.39 is 18.4 Å². The third kappa shape index (κ3) is 4.95. The Balaban J connectivity index is 0.00000323. The molecule has 0 radical (unpaired) electrons. The molecule has 8 nitrogen and oxygen atoms in total. The van der Waals surface area contributed by atoms with Crippen molar-refractivity contribution in [2.45, 2.75) is 33.2 Å². The third-order valence-electron chi connectivity index (χ3n) is 7.06. The number of rotatable bonds is 5. The molecule has 206 valence electrons. The second-order valence-electron chi connectivity index (χ2n) is 9.39. The van der Waals surface area contributed by atoms with Crippen molar-refractivity contribution in [2.75, 3.05) is 19.8 Å². The van der Waals surface area contributed by atoms with Gasteiger partial charge in [0.25, 0.3) is 5.91 Å². The molecule has 0 bridgehead atoms. The molecule has 11 heteroatoms. The maximum absolute atomic E-state index is 15.4. The van der Waals surface area contributed by atoms with Crippen LogP contribution in [-0.2, 0) is 4.79 Å². The molecule has 4 heterocycles. The van der Waals surface area contributed by atoms with Gasteiger partial charge in [0.1, 0.15) is 22.9 Å². The monoisotopic (exact) mass is 564 g/mol. The van der Waals surface area contributed by atoms with E-state index in [1.54, 1.807) is 53.8 Å². The standard InChI is InChI=1S/C28H23ClF2N6O2.CH4/c1-16-35-25-15-34-24-13-23(31)20(19-4-3-18(11-22(19)29)39-28-32-7-2-8-33-28)12-21(24)27(25)37(16)17-5-9-36(10-6-17)26(38)14-30;/h2-4,7-8,11-13,15,17H,5-6,9-10,14H2,1H3;1H4. The molecule has 1 amide bonds. The van der Waals surface area contributed by atoms with E-state index >= 15 is 4.39 Å². The Morgan fingerprint density at radius 3 is 2.52 bits per heavy atom. The Morgan fingerprint density at radius 1 is 1.07 bits per heavy atom. The van der Waals surface area contributed by atoms with Gasteiger partial charge < -0.3 is 14.2 Å². The molecule has 1 aliphatic rings. The molecule has 0 N–H and O–H groups in total. The zero-order valence-corrected chi connectivity index (χ0v) is 21.7. The normalized spacial score (nSPS) is 13.9. The van der Waals surface area contributed by atoms with Crippen molar-refractivity contribution in [3.05, 3.63) is 71.7 Å². The van der Waals surface area contributed by atoms with Gasteiger partial charge in [-0.1, -0.05) is 19.0 Å². The van der Waals surface area contributed by atoms with Crippen LogP contribution in [0, 0.1) is 12.7 Å². The number of likely N-dealkylation sites (tertiary alicyclic amines) is 1. The van der Waals surface area contributed by atoms with E-state index in [1.165, 1.54) is 6.07 Å². The van der Waals surface area contributed by atoms with Crippen molar-refractivity contribution in [1.82, 2.24) is 29.4 Å². The first kappa shape index (κ1) is 27.4. The lowest BCUT2D eigenvalue weighted by Crippen LogP contribution is -2.40. The van der Waals surface area contributed by atoms with Gasteiger partial charge in [-0.05, 0) is 44.0 Å². The fourth-order valence-electron chi connectivity index (χ4n) is 5.25. The van der Waals surface area contributed by atoms with Crippen LogP contribution in [-0.4, -0.2) is 55.1 Å². The molecule has 3 aromatic heterocycles. The Hall–Kier alpha value is -4.18. The quantitative estimate of drug-likeness (QED) is 0.236. The molecule has 0 aliphatic carbocycles. The van der Waals surface area contributed by atoms with E-state index in [4.69, 9.17) is 21.3 Å². The van der Waals surface area contributed by atoms with Gasteiger partial charge in [0.2, 0.25) is 0 Å². The molecule has 6 rings (SSSR count). The predicted molar refractivity (Wildman–Crippen MR) is 150 cm³/mol. The van der Waals surface area contributed by atoms with Crippen LogP contribution in [0.5, 0.6) is 11.8 Å². The number of carbonyl (C=O) groups excluding carboxylic acids is 1. The number of piperidine rings is 1. The lowest BCUT2D eigenvalue weighted by atomic mass is 10.0. The Kier molecular flexibility index (Phi) is 7.62. The van der Waals surface area contributed by atoms with Gasteiger partial charge >= 0.3 is 6.01 Å². The number of aromatic nitrogens is 5. The average molecular weight is 565 g/mol. The van der Waals surface area contributed by atoms with Crippen molar-refractivity contribution in [1.29, 1.82) is 0 Å². The maximum Gasteiger partial charge on any atom is 0.321 e. The van der Waals surface area contributed by atoms with E-state index in [-0.39, 0.29) is 19.5 Å². The zero-order chi connectivity index (χ0) is 27.1. The molecule has 1 fully saturated rings. The van der Waals surface area contributed by atoms with Crippen molar-refractivity contribution in [2.24, 2.45) is 0 Å². The van der Waals surface area contributed by atoms with Crippen LogP contribution in [0.3, 0.4) is 0 Å². The number of amides is 1. The Bertz CT molecular complexity index is 1700.